The second kappa shape index (κ2) is 28.1. The van der Waals surface area contributed by atoms with E-state index in [1.165, 1.54) is 49.7 Å². The van der Waals surface area contributed by atoms with Gasteiger partial charge in [0.2, 0.25) is 0 Å². The maximum atomic E-state index is 12.9. The number of rotatable bonds is 8. The molecule has 0 unspecified atom stereocenters. The van der Waals surface area contributed by atoms with Crippen LogP contribution in [0.3, 0.4) is 0 Å². The maximum Gasteiger partial charge on any atom is 2.00 e. The zero-order valence-electron chi connectivity index (χ0n) is 40.5. The average Bonchev–Trinajstić information content (AvgIpc) is 3.10. The van der Waals surface area contributed by atoms with E-state index in [0.29, 0.717) is 25.2 Å². The van der Waals surface area contributed by atoms with Crippen molar-refractivity contribution in [1.82, 2.24) is 9.80 Å². The molecule has 0 atom stereocenters. The van der Waals surface area contributed by atoms with E-state index < -0.39 is 0 Å². The molecule has 2 aliphatic carbocycles. The van der Waals surface area contributed by atoms with Crippen LogP contribution in [0.4, 0.5) is 0 Å². The molecule has 2 radical (unpaired) electrons. The summed E-state index contributed by atoms with van der Waals surface area (Å²) >= 11 is 0. The van der Waals surface area contributed by atoms with Gasteiger partial charge in [-0.15, -0.1) is 13.2 Å². The molecule has 2 aromatic rings. The van der Waals surface area contributed by atoms with Crippen molar-refractivity contribution in [1.29, 1.82) is 0 Å². The van der Waals surface area contributed by atoms with Gasteiger partial charge in [0.15, 0.2) is 0 Å². The maximum absolute atomic E-state index is 12.9. The van der Waals surface area contributed by atoms with Crippen molar-refractivity contribution in [2.24, 2.45) is 9.98 Å². The number of hydrogen-bond donors (Lipinski definition) is 0. The average molecular weight is 932 g/mol. The third-order valence-corrected chi connectivity index (χ3v) is 10.7. The summed E-state index contributed by atoms with van der Waals surface area (Å²) < 4.78 is 0. The summed E-state index contributed by atoms with van der Waals surface area (Å²) in [5.74, 6) is 0.287. The second-order valence-electron chi connectivity index (χ2n) is 21.0. The van der Waals surface area contributed by atoms with Crippen LogP contribution in [0.2, 0.25) is 0 Å². The van der Waals surface area contributed by atoms with Crippen LogP contribution in [0.25, 0.3) is 0 Å². The number of likely N-dealkylation sites (N-methyl/N-ethyl adjacent to an activating group) is 2. The minimum Gasteiger partial charge on any atom is -0.872 e. The minimum atomic E-state index is -0.147. The van der Waals surface area contributed by atoms with Crippen LogP contribution >= 0.6 is 0 Å². The minimum absolute atomic E-state index is 0. The van der Waals surface area contributed by atoms with Crippen LogP contribution in [-0.4, -0.2) is 88.8 Å². The molecule has 10 heteroatoms. The van der Waals surface area contributed by atoms with E-state index in [9.17, 15) is 20.4 Å². The van der Waals surface area contributed by atoms with Crippen molar-refractivity contribution in [2.75, 3.05) is 54.5 Å². The number of benzene rings is 2. The third kappa shape index (κ3) is 23.1. The first kappa shape index (κ1) is 60.3. The molecule has 0 amide bonds. The standard InChI is InChI=1S/2C21H33NO.2C4H10NO.2Cu/c2*1-20(2,3)16-12-15(14-22-17-10-8-7-9-11-17)19(23)18(13-16)21(4,5)6;2*1-5(2)3-4-6;;/h2*12-14,17,23H,7-11H2,1-6H3;2*3-4H2,1-2H3;;/q;;2*-1;2*+2/p-2. The van der Waals surface area contributed by atoms with Gasteiger partial charge in [0, 0.05) is 24.5 Å². The van der Waals surface area contributed by atoms with Gasteiger partial charge in [-0.3, -0.25) is 9.98 Å². The molecule has 2 aliphatic rings. The molecule has 0 bridgehead atoms. The Balaban J connectivity index is 0. The number of nitrogens with zero attached hydrogens (tertiary/aromatic N) is 4. The first-order valence-corrected chi connectivity index (χ1v) is 22.0. The fraction of sp³-hybridized carbons (Fsp3) is 0.720. The fourth-order valence-corrected chi connectivity index (χ4v) is 6.67. The van der Waals surface area contributed by atoms with E-state index in [2.05, 4.69) is 95.2 Å². The molecule has 8 nitrogen and oxygen atoms in total. The number of hydrogen-bond acceptors (Lipinski definition) is 8. The predicted octanol–water partition coefficient (Wildman–Crippen LogP) is 8.03. The normalized spacial score (nSPS) is 15.7. The SMILES string of the molecule is CC(C)(C)c1cc(C=NC2CCCCC2)c([O-])c(C(C)(C)C)c1.CC(C)(C)c1cc(C=NC2CCCCC2)c([O-])c(C(C)(C)C)c1.CN(C)CC[O-].CN(C)CC[O-].[Cu+2].[Cu+2]. The van der Waals surface area contributed by atoms with Crippen molar-refractivity contribution in [2.45, 2.75) is 181 Å². The Bertz CT molecular complexity index is 1420. The van der Waals surface area contributed by atoms with E-state index in [1.807, 2.05) is 62.6 Å². The summed E-state index contributed by atoms with van der Waals surface area (Å²) in [6.07, 6.45) is 16.1. The molecule has 0 saturated heterocycles. The largest absolute Gasteiger partial charge is 2.00 e. The molecule has 0 aliphatic heterocycles. The Kier molecular flexibility index (Phi) is 28.3. The van der Waals surface area contributed by atoms with Crippen LogP contribution < -0.4 is 20.4 Å². The Morgan fingerprint density at radius 2 is 0.783 bits per heavy atom. The molecular weight excluding hydrogens is 848 g/mol. The summed E-state index contributed by atoms with van der Waals surface area (Å²) in [5, 5.41) is 45.1. The van der Waals surface area contributed by atoms with E-state index in [0.717, 1.165) is 47.9 Å². The van der Waals surface area contributed by atoms with Gasteiger partial charge < -0.3 is 30.2 Å². The predicted molar refractivity (Wildman–Crippen MR) is 242 cm³/mol. The molecule has 2 saturated carbocycles. The van der Waals surface area contributed by atoms with Crippen LogP contribution in [-0.2, 0) is 55.8 Å². The van der Waals surface area contributed by atoms with Gasteiger partial charge >= 0.3 is 34.1 Å². The van der Waals surface area contributed by atoms with Gasteiger partial charge in [0.25, 0.3) is 0 Å². The van der Waals surface area contributed by atoms with Crippen LogP contribution in [0.1, 0.15) is 181 Å². The number of aliphatic imine (C=N–C) groups is 2. The van der Waals surface area contributed by atoms with Gasteiger partial charge in [0.1, 0.15) is 0 Å². The van der Waals surface area contributed by atoms with Gasteiger partial charge in [-0.2, -0.15) is 0 Å². The summed E-state index contributed by atoms with van der Waals surface area (Å²) in [6, 6.07) is 9.09. The van der Waals surface area contributed by atoms with Crippen molar-refractivity contribution >= 4 is 12.4 Å². The molecule has 0 aromatic heterocycles. The molecule has 350 valence electrons. The van der Waals surface area contributed by atoms with Crippen molar-refractivity contribution in [3.63, 3.8) is 0 Å². The Morgan fingerprint density at radius 1 is 0.500 bits per heavy atom. The Morgan fingerprint density at radius 3 is 0.983 bits per heavy atom. The van der Waals surface area contributed by atoms with Crippen molar-refractivity contribution < 1.29 is 54.6 Å². The topological polar surface area (TPSA) is 123 Å². The zero-order chi connectivity index (χ0) is 44.5. The molecule has 0 N–H and O–H groups in total. The van der Waals surface area contributed by atoms with E-state index in [1.54, 1.807) is 0 Å². The van der Waals surface area contributed by atoms with E-state index in [4.69, 9.17) is 9.98 Å². The third-order valence-electron chi connectivity index (χ3n) is 10.7. The summed E-state index contributed by atoms with van der Waals surface area (Å²) in [4.78, 5) is 13.2. The second-order valence-corrected chi connectivity index (χ2v) is 21.0. The van der Waals surface area contributed by atoms with Gasteiger partial charge in [-0.25, -0.2) is 0 Å². The first-order chi connectivity index (χ1) is 26.7. The molecule has 2 aromatic carbocycles. The van der Waals surface area contributed by atoms with E-state index in [-0.39, 0.29) is 80.5 Å². The smallest absolute Gasteiger partial charge is 0.872 e. The fourth-order valence-electron chi connectivity index (χ4n) is 6.67. The molecular formula is C50H84Cu2N4O4. The van der Waals surface area contributed by atoms with Crippen molar-refractivity contribution in [3.8, 4) is 11.5 Å². The molecule has 0 spiro atoms. The van der Waals surface area contributed by atoms with E-state index >= 15 is 0 Å². The Labute approximate surface area is 389 Å². The molecule has 2 fully saturated rings. The molecule has 4 rings (SSSR count). The Hall–Kier alpha value is -1.74. The van der Waals surface area contributed by atoms with Crippen LogP contribution in [0, 0.1) is 0 Å². The van der Waals surface area contributed by atoms with Gasteiger partial charge in [-0.1, -0.05) is 157 Å². The van der Waals surface area contributed by atoms with Crippen LogP contribution in [0.15, 0.2) is 34.3 Å². The van der Waals surface area contributed by atoms with Gasteiger partial charge in [0.05, 0.1) is 0 Å². The summed E-state index contributed by atoms with van der Waals surface area (Å²) in [5.41, 5.74) is 5.50. The first-order valence-electron chi connectivity index (χ1n) is 22.0. The quantitative estimate of drug-likeness (QED) is 0.195. The summed E-state index contributed by atoms with van der Waals surface area (Å²) in [6.45, 7) is 27.2. The monoisotopic (exact) mass is 931 g/mol. The summed E-state index contributed by atoms with van der Waals surface area (Å²) in [7, 11) is 7.55. The van der Waals surface area contributed by atoms with Gasteiger partial charge in [-0.05, 0) is 122 Å². The van der Waals surface area contributed by atoms with Crippen molar-refractivity contribution in [3.05, 3.63) is 57.6 Å². The molecule has 60 heavy (non-hydrogen) atoms. The zero-order valence-corrected chi connectivity index (χ0v) is 42.4. The van der Waals surface area contributed by atoms with Crippen LogP contribution in [0.5, 0.6) is 11.5 Å². The molecule has 0 heterocycles.